The van der Waals surface area contributed by atoms with Crippen LogP contribution in [0.15, 0.2) is 12.1 Å². The molecule has 0 spiro atoms. The number of esters is 1. The highest BCUT2D eigenvalue weighted by atomic mass is 127. The van der Waals surface area contributed by atoms with Gasteiger partial charge in [0.15, 0.2) is 0 Å². The van der Waals surface area contributed by atoms with Gasteiger partial charge in [0.05, 0.1) is 12.7 Å². The van der Waals surface area contributed by atoms with Crippen molar-refractivity contribution >= 4 is 34.5 Å². The van der Waals surface area contributed by atoms with Crippen LogP contribution in [0.5, 0.6) is 0 Å². The van der Waals surface area contributed by atoms with Crippen LogP contribution < -0.4 is 5.32 Å². The number of hydrogen-bond donors (Lipinski definition) is 1. The highest BCUT2D eigenvalue weighted by molar-refractivity contribution is 14.1. The summed E-state index contributed by atoms with van der Waals surface area (Å²) in [5, 5.41) is 2.39. The molecule has 0 aromatic heterocycles. The number of rotatable bonds is 4. The number of alkyl halides is 1. The molecule has 0 saturated carbocycles. The van der Waals surface area contributed by atoms with Gasteiger partial charge in [0.1, 0.15) is 15.6 Å². The van der Waals surface area contributed by atoms with Gasteiger partial charge in [-0.25, -0.2) is 8.78 Å². The van der Waals surface area contributed by atoms with Gasteiger partial charge in [-0.05, 0) is 18.6 Å². The zero-order valence-electron chi connectivity index (χ0n) is 10.3. The van der Waals surface area contributed by atoms with E-state index < -0.39 is 27.4 Å². The molecule has 1 rings (SSSR count). The molecule has 0 fully saturated rings. The van der Waals surface area contributed by atoms with E-state index in [2.05, 4.69) is 10.1 Å². The van der Waals surface area contributed by atoms with E-state index in [0.29, 0.717) is 6.07 Å². The lowest BCUT2D eigenvalue weighted by Crippen LogP contribution is -2.34. The van der Waals surface area contributed by atoms with E-state index in [1.165, 1.54) is 14.0 Å². The molecule has 0 aliphatic rings. The number of carbonyl (C=O) groups excluding carboxylic acids is 2. The first-order valence-electron chi connectivity index (χ1n) is 5.32. The summed E-state index contributed by atoms with van der Waals surface area (Å²) in [4.78, 5) is 22.8. The van der Waals surface area contributed by atoms with Crippen molar-refractivity contribution < 1.29 is 23.1 Å². The van der Waals surface area contributed by atoms with Gasteiger partial charge in [0.25, 0.3) is 5.91 Å². The summed E-state index contributed by atoms with van der Waals surface area (Å²) in [6, 6.07) is 1.78. The quantitative estimate of drug-likeness (QED) is 0.492. The molecule has 0 bridgehead atoms. The molecule has 4 nitrogen and oxygen atoms in total. The van der Waals surface area contributed by atoms with E-state index in [4.69, 9.17) is 0 Å². The zero-order valence-corrected chi connectivity index (χ0v) is 12.5. The van der Waals surface area contributed by atoms with Gasteiger partial charge in [0.2, 0.25) is 0 Å². The van der Waals surface area contributed by atoms with E-state index in [0.717, 1.165) is 6.07 Å². The van der Waals surface area contributed by atoms with Crippen molar-refractivity contribution in [1.82, 2.24) is 5.32 Å². The van der Waals surface area contributed by atoms with E-state index in [-0.39, 0.29) is 17.7 Å². The molecule has 0 radical (unpaired) electrons. The molecule has 1 N–H and O–H groups in total. The molecule has 0 aliphatic heterocycles. The van der Waals surface area contributed by atoms with Crippen LogP contribution in [0.25, 0.3) is 0 Å². The third-order valence-electron chi connectivity index (χ3n) is 2.39. The number of amides is 1. The minimum atomic E-state index is -0.941. The van der Waals surface area contributed by atoms with Gasteiger partial charge in [0, 0.05) is 12.6 Å². The Hall–Kier alpha value is -1.25. The number of aryl methyl sites for hydroxylation is 1. The highest BCUT2D eigenvalue weighted by Crippen LogP contribution is 2.14. The first-order valence-corrected chi connectivity index (χ1v) is 6.57. The standard InChI is InChI=1S/C12H12F2INO3/c1-6-3-7(9(14)4-8(6)13)11(17)16-5-10(15)12(18)19-2/h3-4,10H,5H2,1-2H3,(H,16,17). The summed E-state index contributed by atoms with van der Waals surface area (Å²) in [6.07, 6.45) is 0. The molecule has 7 heteroatoms. The minimum absolute atomic E-state index is 0.00192. The van der Waals surface area contributed by atoms with Crippen LogP contribution in [0.3, 0.4) is 0 Å². The first kappa shape index (κ1) is 15.8. The van der Waals surface area contributed by atoms with Crippen LogP contribution in [0.1, 0.15) is 15.9 Å². The number of methoxy groups -OCH3 is 1. The molecule has 0 aliphatic carbocycles. The Balaban J connectivity index is 2.74. The molecule has 1 amide bonds. The highest BCUT2D eigenvalue weighted by Gasteiger charge is 2.19. The van der Waals surface area contributed by atoms with Gasteiger partial charge in [-0.2, -0.15) is 0 Å². The summed E-state index contributed by atoms with van der Waals surface area (Å²) >= 11 is 1.80. The number of hydrogen-bond acceptors (Lipinski definition) is 3. The summed E-state index contributed by atoms with van der Waals surface area (Å²) in [6.45, 7) is 1.43. The van der Waals surface area contributed by atoms with Crippen LogP contribution >= 0.6 is 22.6 Å². The molecule has 0 heterocycles. The van der Waals surface area contributed by atoms with Gasteiger partial charge in [-0.3, -0.25) is 9.59 Å². The lowest BCUT2D eigenvalue weighted by molar-refractivity contribution is -0.139. The topological polar surface area (TPSA) is 55.4 Å². The van der Waals surface area contributed by atoms with Gasteiger partial charge in [-0.1, -0.05) is 22.6 Å². The van der Waals surface area contributed by atoms with Crippen molar-refractivity contribution in [2.45, 2.75) is 10.8 Å². The summed E-state index contributed by atoms with van der Waals surface area (Å²) in [7, 11) is 1.23. The Morgan fingerprint density at radius 1 is 1.37 bits per heavy atom. The van der Waals surface area contributed by atoms with Crippen molar-refractivity contribution in [2.75, 3.05) is 13.7 Å². The first-order chi connectivity index (χ1) is 8.86. The molecule has 1 aromatic rings. The van der Waals surface area contributed by atoms with E-state index in [9.17, 15) is 18.4 Å². The molecule has 104 valence electrons. The molecule has 0 saturated heterocycles. The lowest BCUT2D eigenvalue weighted by atomic mass is 10.1. The second-order valence-corrected chi connectivity index (χ2v) is 5.29. The van der Waals surface area contributed by atoms with Crippen molar-refractivity contribution in [1.29, 1.82) is 0 Å². The zero-order chi connectivity index (χ0) is 14.6. The maximum atomic E-state index is 13.4. The lowest BCUT2D eigenvalue weighted by Gasteiger charge is -2.10. The average molecular weight is 383 g/mol. The molecular weight excluding hydrogens is 371 g/mol. The molecule has 1 aromatic carbocycles. The summed E-state index contributed by atoms with van der Waals surface area (Å²) in [5.74, 6) is -2.85. The Labute approximate surface area is 122 Å². The number of nitrogens with one attached hydrogen (secondary N) is 1. The fraction of sp³-hybridized carbons (Fsp3) is 0.333. The van der Waals surface area contributed by atoms with Gasteiger partial charge < -0.3 is 10.1 Å². The largest absolute Gasteiger partial charge is 0.468 e. The van der Waals surface area contributed by atoms with Crippen LogP contribution in [0.2, 0.25) is 0 Å². The van der Waals surface area contributed by atoms with Crippen molar-refractivity contribution in [3.05, 3.63) is 34.9 Å². The Morgan fingerprint density at radius 2 is 2.00 bits per heavy atom. The maximum Gasteiger partial charge on any atom is 0.320 e. The van der Waals surface area contributed by atoms with Gasteiger partial charge >= 0.3 is 5.97 Å². The molecule has 1 unspecified atom stereocenters. The van der Waals surface area contributed by atoms with E-state index in [1.54, 1.807) is 22.6 Å². The molecular formula is C12H12F2INO3. The van der Waals surface area contributed by atoms with Crippen molar-refractivity contribution in [2.24, 2.45) is 0 Å². The third-order valence-corrected chi connectivity index (χ3v) is 3.34. The van der Waals surface area contributed by atoms with E-state index >= 15 is 0 Å². The Kier molecular flexibility index (Phi) is 5.64. The van der Waals surface area contributed by atoms with E-state index in [1.807, 2.05) is 0 Å². The summed E-state index contributed by atoms with van der Waals surface area (Å²) < 4.78 is 30.4. The summed E-state index contributed by atoms with van der Waals surface area (Å²) in [5.41, 5.74) is -0.0853. The number of carbonyl (C=O) groups is 2. The monoisotopic (exact) mass is 383 g/mol. The van der Waals surface area contributed by atoms with Gasteiger partial charge in [-0.15, -0.1) is 0 Å². The molecule has 1 atom stereocenters. The molecule has 19 heavy (non-hydrogen) atoms. The smallest absolute Gasteiger partial charge is 0.320 e. The SMILES string of the molecule is COC(=O)C(I)CNC(=O)c1cc(C)c(F)cc1F. The van der Waals surface area contributed by atoms with Crippen LogP contribution in [0.4, 0.5) is 8.78 Å². The van der Waals surface area contributed by atoms with Crippen LogP contribution in [-0.4, -0.2) is 29.5 Å². The normalized spacial score (nSPS) is 11.8. The Bertz CT molecular complexity index is 508. The van der Waals surface area contributed by atoms with Crippen molar-refractivity contribution in [3.8, 4) is 0 Å². The van der Waals surface area contributed by atoms with Crippen LogP contribution in [-0.2, 0) is 9.53 Å². The third kappa shape index (κ3) is 4.12. The second kappa shape index (κ2) is 6.78. The fourth-order valence-electron chi connectivity index (χ4n) is 1.32. The number of ether oxygens (including phenoxy) is 1. The van der Waals surface area contributed by atoms with Crippen molar-refractivity contribution in [3.63, 3.8) is 0 Å². The van der Waals surface area contributed by atoms with Crippen LogP contribution in [0, 0.1) is 18.6 Å². The minimum Gasteiger partial charge on any atom is -0.468 e. The fourth-order valence-corrected chi connectivity index (χ4v) is 1.79. The average Bonchev–Trinajstić information content (AvgIpc) is 2.38. The predicted molar refractivity (Wildman–Crippen MR) is 73.3 cm³/mol. The maximum absolute atomic E-state index is 13.4. The number of benzene rings is 1. The predicted octanol–water partition coefficient (Wildman–Crippen LogP) is 1.98. The second-order valence-electron chi connectivity index (χ2n) is 3.78. The number of halogens is 3. The Morgan fingerprint density at radius 3 is 2.58 bits per heavy atom.